The summed E-state index contributed by atoms with van der Waals surface area (Å²) in [7, 11) is 0. The van der Waals surface area contributed by atoms with Crippen LogP contribution in [0.3, 0.4) is 0 Å². The molecule has 86 valence electrons. The second-order valence-electron chi connectivity index (χ2n) is 5.26. The molecule has 1 amide bonds. The zero-order chi connectivity index (χ0) is 11.0. The van der Waals surface area contributed by atoms with E-state index in [9.17, 15) is 4.79 Å². The van der Waals surface area contributed by atoms with Crippen LogP contribution in [0.2, 0.25) is 0 Å². The minimum atomic E-state index is 0.0749. The van der Waals surface area contributed by atoms with Gasteiger partial charge in [-0.25, -0.2) is 0 Å². The van der Waals surface area contributed by atoms with Crippen molar-refractivity contribution in [3.05, 3.63) is 0 Å². The van der Waals surface area contributed by atoms with Gasteiger partial charge in [0.2, 0.25) is 5.91 Å². The van der Waals surface area contributed by atoms with Crippen molar-refractivity contribution >= 4 is 5.91 Å². The number of hydrogen-bond donors (Lipinski definition) is 1. The fraction of sp³-hybridized carbons (Fsp3) is 0.917. The lowest BCUT2D eigenvalue weighted by molar-refractivity contribution is -0.133. The van der Waals surface area contributed by atoms with Gasteiger partial charge in [-0.05, 0) is 24.7 Å². The third kappa shape index (κ3) is 1.89. The highest BCUT2D eigenvalue weighted by Gasteiger charge is 2.41. The topological polar surface area (TPSA) is 32.3 Å². The van der Waals surface area contributed by atoms with Crippen LogP contribution in [0.5, 0.6) is 0 Å². The summed E-state index contributed by atoms with van der Waals surface area (Å²) in [4.78, 5) is 14.2. The van der Waals surface area contributed by atoms with Crippen molar-refractivity contribution in [1.82, 2.24) is 10.2 Å². The second kappa shape index (κ2) is 4.12. The number of carbonyl (C=O) groups excluding carboxylic acids is 1. The number of carbonyl (C=O) groups is 1. The van der Waals surface area contributed by atoms with E-state index in [-0.39, 0.29) is 6.04 Å². The molecule has 0 aromatic rings. The first-order valence-electron chi connectivity index (χ1n) is 6.17. The van der Waals surface area contributed by atoms with Gasteiger partial charge in [-0.2, -0.15) is 0 Å². The largest absolute Gasteiger partial charge is 0.326 e. The molecule has 1 heterocycles. The van der Waals surface area contributed by atoms with Gasteiger partial charge in [0.1, 0.15) is 0 Å². The molecule has 0 aromatic heterocycles. The molecule has 0 radical (unpaired) electrons. The van der Waals surface area contributed by atoms with Crippen LogP contribution in [-0.2, 0) is 4.79 Å². The molecule has 2 aliphatic rings. The number of hydrogen-bond acceptors (Lipinski definition) is 2. The maximum atomic E-state index is 12.1. The molecule has 2 rings (SSSR count). The highest BCUT2D eigenvalue weighted by atomic mass is 16.2. The van der Waals surface area contributed by atoms with E-state index >= 15 is 0 Å². The van der Waals surface area contributed by atoms with Crippen molar-refractivity contribution in [2.75, 3.05) is 6.67 Å². The molecule has 1 saturated heterocycles. The van der Waals surface area contributed by atoms with Crippen LogP contribution < -0.4 is 5.32 Å². The van der Waals surface area contributed by atoms with Gasteiger partial charge in [-0.15, -0.1) is 0 Å². The zero-order valence-electron chi connectivity index (χ0n) is 9.99. The standard InChI is InChI=1S/C12H22N2O/c1-4-9(3)11-12(15)14(7-13-11)10-5-8(2)6-10/h8-11,13H,4-7H2,1-3H3. The normalized spacial score (nSPS) is 37.9. The molecule has 2 fully saturated rings. The lowest BCUT2D eigenvalue weighted by Crippen LogP contribution is -2.46. The van der Waals surface area contributed by atoms with E-state index in [4.69, 9.17) is 0 Å². The van der Waals surface area contributed by atoms with Crippen LogP contribution in [0.1, 0.15) is 40.0 Å². The third-order valence-corrected chi connectivity index (χ3v) is 4.03. The summed E-state index contributed by atoms with van der Waals surface area (Å²) in [5.41, 5.74) is 0. The number of nitrogens with zero attached hydrogens (tertiary/aromatic N) is 1. The molecule has 3 heteroatoms. The van der Waals surface area contributed by atoms with E-state index < -0.39 is 0 Å². The monoisotopic (exact) mass is 210 g/mol. The molecule has 1 aliphatic heterocycles. The molecule has 1 saturated carbocycles. The fourth-order valence-electron chi connectivity index (χ4n) is 2.64. The van der Waals surface area contributed by atoms with Crippen LogP contribution in [0.4, 0.5) is 0 Å². The minimum Gasteiger partial charge on any atom is -0.326 e. The summed E-state index contributed by atoms with van der Waals surface area (Å²) in [6, 6.07) is 0.597. The molecule has 1 N–H and O–H groups in total. The average Bonchev–Trinajstić information content (AvgIpc) is 2.54. The first-order valence-corrected chi connectivity index (χ1v) is 6.17. The van der Waals surface area contributed by atoms with Crippen molar-refractivity contribution in [1.29, 1.82) is 0 Å². The van der Waals surface area contributed by atoms with E-state index in [2.05, 4.69) is 31.0 Å². The molecular weight excluding hydrogens is 188 g/mol. The van der Waals surface area contributed by atoms with Crippen LogP contribution in [-0.4, -0.2) is 29.6 Å². The molecule has 15 heavy (non-hydrogen) atoms. The van der Waals surface area contributed by atoms with Gasteiger partial charge >= 0.3 is 0 Å². The summed E-state index contributed by atoms with van der Waals surface area (Å²) in [6.07, 6.45) is 3.46. The van der Waals surface area contributed by atoms with Gasteiger partial charge < -0.3 is 4.90 Å². The second-order valence-corrected chi connectivity index (χ2v) is 5.26. The van der Waals surface area contributed by atoms with Crippen LogP contribution in [0.15, 0.2) is 0 Å². The molecule has 1 aliphatic carbocycles. The van der Waals surface area contributed by atoms with Gasteiger partial charge in [-0.1, -0.05) is 27.2 Å². The Labute approximate surface area is 92.2 Å². The Morgan fingerprint density at radius 1 is 1.53 bits per heavy atom. The van der Waals surface area contributed by atoms with Gasteiger partial charge in [0, 0.05) is 6.04 Å². The van der Waals surface area contributed by atoms with Crippen LogP contribution >= 0.6 is 0 Å². The van der Waals surface area contributed by atoms with Gasteiger partial charge in [0.25, 0.3) is 0 Å². The molecule has 3 nitrogen and oxygen atoms in total. The average molecular weight is 210 g/mol. The molecule has 0 spiro atoms. The van der Waals surface area contributed by atoms with E-state index in [1.807, 2.05) is 0 Å². The van der Waals surface area contributed by atoms with Crippen molar-refractivity contribution in [2.24, 2.45) is 11.8 Å². The molecule has 0 aromatic carbocycles. The predicted octanol–water partition coefficient (Wildman–Crippen LogP) is 1.59. The molecule has 0 bridgehead atoms. The minimum absolute atomic E-state index is 0.0749. The van der Waals surface area contributed by atoms with Gasteiger partial charge in [-0.3, -0.25) is 10.1 Å². The maximum Gasteiger partial charge on any atom is 0.241 e. The van der Waals surface area contributed by atoms with Crippen molar-refractivity contribution in [2.45, 2.75) is 52.1 Å². The lowest BCUT2D eigenvalue weighted by Gasteiger charge is -2.39. The van der Waals surface area contributed by atoms with E-state index in [1.54, 1.807) is 0 Å². The van der Waals surface area contributed by atoms with Gasteiger partial charge in [0.05, 0.1) is 12.7 Å². The lowest BCUT2D eigenvalue weighted by atomic mass is 9.81. The molecule has 2 unspecified atom stereocenters. The Balaban J connectivity index is 1.92. The summed E-state index contributed by atoms with van der Waals surface area (Å²) >= 11 is 0. The Hall–Kier alpha value is -0.570. The Morgan fingerprint density at radius 3 is 2.73 bits per heavy atom. The first kappa shape index (κ1) is 10.9. The third-order valence-electron chi connectivity index (χ3n) is 4.03. The van der Waals surface area contributed by atoms with Gasteiger partial charge in [0.15, 0.2) is 0 Å². The van der Waals surface area contributed by atoms with Crippen molar-refractivity contribution in [3.8, 4) is 0 Å². The molecule has 2 atom stereocenters. The SMILES string of the molecule is CCC(C)C1NCN(C2CC(C)C2)C1=O. The number of nitrogens with one attached hydrogen (secondary N) is 1. The van der Waals surface area contributed by atoms with Crippen molar-refractivity contribution in [3.63, 3.8) is 0 Å². The Bertz CT molecular complexity index is 248. The number of amides is 1. The smallest absolute Gasteiger partial charge is 0.241 e. The first-order chi connectivity index (χ1) is 7.13. The highest BCUT2D eigenvalue weighted by molar-refractivity contribution is 5.84. The maximum absolute atomic E-state index is 12.1. The van der Waals surface area contributed by atoms with Crippen molar-refractivity contribution < 1.29 is 4.79 Å². The Morgan fingerprint density at radius 2 is 2.20 bits per heavy atom. The van der Waals surface area contributed by atoms with Crippen LogP contribution in [0.25, 0.3) is 0 Å². The summed E-state index contributed by atoms with van der Waals surface area (Å²) in [5, 5.41) is 3.35. The number of rotatable bonds is 3. The summed E-state index contributed by atoms with van der Waals surface area (Å²) in [5.74, 6) is 1.60. The van der Waals surface area contributed by atoms with E-state index in [0.29, 0.717) is 17.9 Å². The molecular formula is C12H22N2O. The predicted molar refractivity (Wildman–Crippen MR) is 60.3 cm³/mol. The summed E-state index contributed by atoms with van der Waals surface area (Å²) in [6.45, 7) is 7.33. The van der Waals surface area contributed by atoms with Crippen LogP contribution in [0, 0.1) is 11.8 Å². The zero-order valence-corrected chi connectivity index (χ0v) is 9.99. The highest BCUT2D eigenvalue weighted by Crippen LogP contribution is 2.33. The quantitative estimate of drug-likeness (QED) is 0.767. The van der Waals surface area contributed by atoms with E-state index in [1.165, 1.54) is 12.8 Å². The fourth-order valence-corrected chi connectivity index (χ4v) is 2.64. The van der Waals surface area contributed by atoms with E-state index in [0.717, 1.165) is 19.0 Å². The Kier molecular flexibility index (Phi) is 3.01. The summed E-state index contributed by atoms with van der Waals surface area (Å²) < 4.78 is 0.